The van der Waals surface area contributed by atoms with Crippen molar-refractivity contribution in [3.8, 4) is 11.8 Å². The number of benzene rings is 1. The third-order valence-electron chi connectivity index (χ3n) is 3.38. The van der Waals surface area contributed by atoms with Gasteiger partial charge in [-0.2, -0.15) is 5.26 Å². The summed E-state index contributed by atoms with van der Waals surface area (Å²) in [5.41, 5.74) is 0.386. The maximum absolute atomic E-state index is 10.1. The highest BCUT2D eigenvalue weighted by molar-refractivity contribution is 5.36. The van der Waals surface area contributed by atoms with E-state index in [4.69, 9.17) is 14.7 Å². The second kappa shape index (κ2) is 6.90. The molecule has 1 aliphatic heterocycles. The van der Waals surface area contributed by atoms with E-state index in [9.17, 15) is 5.11 Å². The fraction of sp³-hybridized carbons (Fsp3) is 0.562. The Morgan fingerprint density at radius 3 is 3.05 bits per heavy atom. The standard InChI is InChI=1S/C16H22N2O3/c1-16(2)12-18(6-7-21-16)10-14(19)11-20-15-5-3-4-13(8-15)9-17/h3-5,8,14,19H,6-7,10-12H2,1-2H3. The number of aliphatic hydroxyl groups excluding tert-OH is 1. The topological polar surface area (TPSA) is 65.7 Å². The van der Waals surface area contributed by atoms with E-state index < -0.39 is 6.10 Å². The predicted octanol–water partition coefficient (Wildman–Crippen LogP) is 1.41. The van der Waals surface area contributed by atoms with Crippen molar-refractivity contribution < 1.29 is 14.6 Å². The van der Waals surface area contributed by atoms with Crippen molar-refractivity contribution in [1.82, 2.24) is 4.90 Å². The third kappa shape index (κ3) is 5.01. The molecule has 1 aliphatic rings. The zero-order chi connectivity index (χ0) is 15.3. The second-order valence-corrected chi connectivity index (χ2v) is 5.95. The van der Waals surface area contributed by atoms with Gasteiger partial charge in [-0.15, -0.1) is 0 Å². The van der Waals surface area contributed by atoms with Gasteiger partial charge in [-0.1, -0.05) is 6.07 Å². The Hall–Kier alpha value is -1.61. The summed E-state index contributed by atoms with van der Waals surface area (Å²) in [6.45, 7) is 7.19. The largest absolute Gasteiger partial charge is 0.491 e. The van der Waals surface area contributed by atoms with Crippen molar-refractivity contribution in [2.45, 2.75) is 25.6 Å². The van der Waals surface area contributed by atoms with Gasteiger partial charge in [0.05, 0.1) is 23.8 Å². The molecular weight excluding hydrogens is 268 g/mol. The van der Waals surface area contributed by atoms with Crippen LogP contribution in [-0.2, 0) is 4.74 Å². The van der Waals surface area contributed by atoms with Crippen LogP contribution in [-0.4, -0.2) is 54.6 Å². The SMILES string of the molecule is CC1(C)CN(CC(O)COc2cccc(C#N)c2)CCO1. The van der Waals surface area contributed by atoms with Crippen LogP contribution >= 0.6 is 0 Å². The molecule has 5 heteroatoms. The van der Waals surface area contributed by atoms with Crippen molar-refractivity contribution in [2.24, 2.45) is 0 Å². The van der Waals surface area contributed by atoms with E-state index in [1.807, 2.05) is 0 Å². The molecule has 1 aromatic carbocycles. The number of hydrogen-bond acceptors (Lipinski definition) is 5. The Morgan fingerprint density at radius 2 is 2.33 bits per heavy atom. The summed E-state index contributed by atoms with van der Waals surface area (Å²) in [5.74, 6) is 0.607. The lowest BCUT2D eigenvalue weighted by atomic mass is 10.1. The van der Waals surface area contributed by atoms with Crippen LogP contribution in [0.2, 0.25) is 0 Å². The summed E-state index contributed by atoms with van der Waals surface area (Å²) in [6, 6.07) is 9.01. The Morgan fingerprint density at radius 1 is 1.52 bits per heavy atom. The van der Waals surface area contributed by atoms with Crippen molar-refractivity contribution >= 4 is 0 Å². The minimum Gasteiger partial charge on any atom is -0.491 e. The molecule has 1 saturated heterocycles. The fourth-order valence-corrected chi connectivity index (χ4v) is 2.47. The molecule has 5 nitrogen and oxygen atoms in total. The third-order valence-corrected chi connectivity index (χ3v) is 3.38. The monoisotopic (exact) mass is 290 g/mol. The molecule has 1 heterocycles. The van der Waals surface area contributed by atoms with Gasteiger partial charge < -0.3 is 14.6 Å². The second-order valence-electron chi connectivity index (χ2n) is 5.95. The normalized spacial score (nSPS) is 19.7. The Kier molecular flexibility index (Phi) is 5.18. The smallest absolute Gasteiger partial charge is 0.120 e. The molecule has 0 bridgehead atoms. The molecule has 0 amide bonds. The lowest BCUT2D eigenvalue weighted by molar-refractivity contribution is -0.0947. The highest BCUT2D eigenvalue weighted by atomic mass is 16.5. The fourth-order valence-electron chi connectivity index (χ4n) is 2.47. The van der Waals surface area contributed by atoms with E-state index in [-0.39, 0.29) is 12.2 Å². The van der Waals surface area contributed by atoms with E-state index >= 15 is 0 Å². The molecule has 1 fully saturated rings. The van der Waals surface area contributed by atoms with Crippen LogP contribution in [0.4, 0.5) is 0 Å². The van der Waals surface area contributed by atoms with Crippen LogP contribution in [0.5, 0.6) is 5.75 Å². The number of nitrogens with zero attached hydrogens (tertiary/aromatic N) is 2. The van der Waals surface area contributed by atoms with Crippen LogP contribution < -0.4 is 4.74 Å². The summed E-state index contributed by atoms with van der Waals surface area (Å²) < 4.78 is 11.2. The molecule has 1 atom stereocenters. The average Bonchev–Trinajstić information content (AvgIpc) is 2.44. The van der Waals surface area contributed by atoms with Crippen molar-refractivity contribution in [3.05, 3.63) is 29.8 Å². The van der Waals surface area contributed by atoms with Crippen LogP contribution in [0.1, 0.15) is 19.4 Å². The Bertz CT molecular complexity index is 510. The zero-order valence-corrected chi connectivity index (χ0v) is 12.6. The number of hydrogen-bond donors (Lipinski definition) is 1. The number of nitriles is 1. The lowest BCUT2D eigenvalue weighted by Crippen LogP contribution is -2.50. The number of ether oxygens (including phenoxy) is 2. The minimum atomic E-state index is -0.565. The number of morpholine rings is 1. The van der Waals surface area contributed by atoms with E-state index in [1.165, 1.54) is 0 Å². The van der Waals surface area contributed by atoms with Crippen LogP contribution in [0.3, 0.4) is 0 Å². The zero-order valence-electron chi connectivity index (χ0n) is 12.6. The van der Waals surface area contributed by atoms with Gasteiger partial charge in [-0.05, 0) is 32.0 Å². The molecule has 0 aliphatic carbocycles. The molecule has 114 valence electrons. The number of aliphatic hydroxyl groups is 1. The van der Waals surface area contributed by atoms with E-state index in [1.54, 1.807) is 24.3 Å². The van der Waals surface area contributed by atoms with Gasteiger partial charge in [0.15, 0.2) is 0 Å². The average molecular weight is 290 g/mol. The molecule has 21 heavy (non-hydrogen) atoms. The van der Waals surface area contributed by atoms with Crippen LogP contribution in [0.25, 0.3) is 0 Å². The van der Waals surface area contributed by atoms with Crippen LogP contribution in [0.15, 0.2) is 24.3 Å². The van der Waals surface area contributed by atoms with Gasteiger partial charge in [0, 0.05) is 19.6 Å². The molecule has 0 aromatic heterocycles. The van der Waals surface area contributed by atoms with Crippen LogP contribution in [0, 0.1) is 11.3 Å². The molecule has 0 radical (unpaired) electrons. The summed E-state index contributed by atoms with van der Waals surface area (Å²) in [7, 11) is 0. The maximum Gasteiger partial charge on any atom is 0.120 e. The first-order valence-corrected chi connectivity index (χ1v) is 7.16. The van der Waals surface area contributed by atoms with E-state index in [2.05, 4.69) is 24.8 Å². The first kappa shape index (κ1) is 15.8. The van der Waals surface area contributed by atoms with Crippen molar-refractivity contribution in [1.29, 1.82) is 5.26 Å². The van der Waals surface area contributed by atoms with Gasteiger partial charge in [-0.25, -0.2) is 0 Å². The lowest BCUT2D eigenvalue weighted by Gasteiger charge is -2.38. The molecular formula is C16H22N2O3. The van der Waals surface area contributed by atoms with E-state index in [0.29, 0.717) is 24.5 Å². The van der Waals surface area contributed by atoms with Gasteiger partial charge >= 0.3 is 0 Å². The first-order valence-electron chi connectivity index (χ1n) is 7.16. The van der Waals surface area contributed by atoms with Gasteiger partial charge in [0.2, 0.25) is 0 Å². The molecule has 0 spiro atoms. The summed E-state index contributed by atoms with van der Waals surface area (Å²) in [4.78, 5) is 2.18. The molecule has 2 rings (SSSR count). The summed E-state index contributed by atoms with van der Waals surface area (Å²) in [5, 5.41) is 18.9. The number of β-amino-alcohol motifs (C(OH)–C–C–N with tert-alkyl or cyclic N) is 1. The first-order chi connectivity index (χ1) is 9.98. The minimum absolute atomic E-state index is 0.167. The van der Waals surface area contributed by atoms with Crippen molar-refractivity contribution in [3.63, 3.8) is 0 Å². The maximum atomic E-state index is 10.1. The summed E-state index contributed by atoms with van der Waals surface area (Å²) in [6.07, 6.45) is -0.565. The molecule has 0 saturated carbocycles. The highest BCUT2D eigenvalue weighted by Gasteiger charge is 2.28. The summed E-state index contributed by atoms with van der Waals surface area (Å²) >= 11 is 0. The molecule has 1 aromatic rings. The van der Waals surface area contributed by atoms with Gasteiger partial charge in [0.25, 0.3) is 0 Å². The molecule has 1 N–H and O–H groups in total. The van der Waals surface area contributed by atoms with Gasteiger partial charge in [-0.3, -0.25) is 4.90 Å². The Labute approximate surface area is 125 Å². The van der Waals surface area contributed by atoms with E-state index in [0.717, 1.165) is 13.1 Å². The molecule has 1 unspecified atom stereocenters. The Balaban J connectivity index is 1.79. The number of rotatable bonds is 5. The predicted molar refractivity (Wildman–Crippen MR) is 79.1 cm³/mol. The highest BCUT2D eigenvalue weighted by Crippen LogP contribution is 2.17. The quantitative estimate of drug-likeness (QED) is 0.888. The van der Waals surface area contributed by atoms with Gasteiger partial charge in [0.1, 0.15) is 18.5 Å². The van der Waals surface area contributed by atoms with Crippen molar-refractivity contribution in [2.75, 3.05) is 32.8 Å².